The molecule has 2 N–H and O–H groups in total. The van der Waals surface area contributed by atoms with Crippen molar-refractivity contribution in [3.63, 3.8) is 0 Å². The van der Waals surface area contributed by atoms with Crippen molar-refractivity contribution in [2.24, 2.45) is 5.92 Å². The lowest BCUT2D eigenvalue weighted by molar-refractivity contribution is -0.135. The van der Waals surface area contributed by atoms with Gasteiger partial charge in [0.2, 0.25) is 5.91 Å². The quantitative estimate of drug-likeness (QED) is 0.548. The lowest BCUT2D eigenvalue weighted by atomic mass is 9.91. The number of ether oxygens (including phenoxy) is 1. The molecule has 0 saturated heterocycles. The maximum atomic E-state index is 13.9. The van der Waals surface area contributed by atoms with Crippen LogP contribution in [0.3, 0.4) is 0 Å². The number of nitrogens with zero attached hydrogens (tertiary/aromatic N) is 1. The number of carbonyl (C=O) groups excluding carboxylic acids is 2. The minimum Gasteiger partial charge on any atom is -0.484 e. The van der Waals surface area contributed by atoms with E-state index in [2.05, 4.69) is 5.32 Å². The molecule has 0 bridgehead atoms. The van der Waals surface area contributed by atoms with Gasteiger partial charge in [0.1, 0.15) is 17.4 Å². The third kappa shape index (κ3) is 6.87. The molecule has 2 atom stereocenters. The van der Waals surface area contributed by atoms with Gasteiger partial charge in [0.15, 0.2) is 6.61 Å². The van der Waals surface area contributed by atoms with E-state index in [4.69, 9.17) is 4.74 Å². The lowest BCUT2D eigenvalue weighted by Gasteiger charge is -2.29. The summed E-state index contributed by atoms with van der Waals surface area (Å²) in [5.41, 5.74) is 1.68. The van der Waals surface area contributed by atoms with Gasteiger partial charge in [-0.2, -0.15) is 0 Å². The van der Waals surface area contributed by atoms with Crippen molar-refractivity contribution in [1.29, 1.82) is 0 Å². The summed E-state index contributed by atoms with van der Waals surface area (Å²) in [5, 5.41) is 12.2. The first-order valence-corrected chi connectivity index (χ1v) is 11.3. The van der Waals surface area contributed by atoms with Crippen molar-refractivity contribution in [1.82, 2.24) is 10.2 Å². The second-order valence-corrected chi connectivity index (χ2v) is 8.51. The van der Waals surface area contributed by atoms with Crippen LogP contribution in [-0.2, 0) is 16.1 Å². The highest BCUT2D eigenvalue weighted by Gasteiger charge is 2.26. The van der Waals surface area contributed by atoms with Crippen LogP contribution < -0.4 is 10.1 Å². The van der Waals surface area contributed by atoms with E-state index in [-0.39, 0.29) is 61.6 Å². The second kappa shape index (κ2) is 11.7. The first kappa shape index (κ1) is 25.4. The Hall–Kier alpha value is -3.26. The number of aliphatic hydroxyl groups is 1. The highest BCUT2D eigenvalue weighted by atomic mass is 19.1. The molecule has 0 spiro atoms. The molecular formula is C26H30F2N2O4. The zero-order valence-corrected chi connectivity index (χ0v) is 19.4. The average molecular weight is 473 g/mol. The predicted molar refractivity (Wildman–Crippen MR) is 124 cm³/mol. The molecule has 1 aliphatic rings. The van der Waals surface area contributed by atoms with E-state index in [1.165, 1.54) is 17.0 Å². The molecule has 0 saturated carbocycles. The van der Waals surface area contributed by atoms with E-state index in [0.29, 0.717) is 29.5 Å². The van der Waals surface area contributed by atoms with Crippen LogP contribution >= 0.6 is 0 Å². The minimum atomic E-state index is -0.397. The number of hydrogen-bond acceptors (Lipinski definition) is 4. The van der Waals surface area contributed by atoms with Crippen molar-refractivity contribution in [3.05, 3.63) is 76.9 Å². The number of aryl methyl sites for hydroxylation is 2. The molecule has 8 heteroatoms. The van der Waals surface area contributed by atoms with Gasteiger partial charge in [-0.05, 0) is 55.5 Å². The molecule has 0 fully saturated rings. The second-order valence-electron chi connectivity index (χ2n) is 8.51. The van der Waals surface area contributed by atoms with Crippen molar-refractivity contribution in [2.75, 3.05) is 19.8 Å². The fourth-order valence-electron chi connectivity index (χ4n) is 3.78. The van der Waals surface area contributed by atoms with Crippen LogP contribution in [0.25, 0.3) is 0 Å². The molecule has 0 aromatic heterocycles. The molecule has 6 nitrogen and oxygen atoms in total. The number of aliphatic hydroxyl groups excluding tert-OH is 1. The van der Waals surface area contributed by atoms with Crippen LogP contribution in [0, 0.1) is 31.4 Å². The van der Waals surface area contributed by atoms with E-state index in [1.807, 2.05) is 0 Å². The molecule has 2 aromatic rings. The molecule has 0 radical (unpaired) electrons. The summed E-state index contributed by atoms with van der Waals surface area (Å²) in [6.07, 6.45) is 4.61. The van der Waals surface area contributed by atoms with Gasteiger partial charge >= 0.3 is 0 Å². The Labute approximate surface area is 198 Å². The molecule has 2 amide bonds. The lowest BCUT2D eigenvalue weighted by Crippen LogP contribution is -2.41. The van der Waals surface area contributed by atoms with Gasteiger partial charge in [0, 0.05) is 25.2 Å². The number of benzene rings is 2. The Morgan fingerprint density at radius 3 is 2.38 bits per heavy atom. The van der Waals surface area contributed by atoms with Gasteiger partial charge in [-0.1, -0.05) is 30.4 Å². The normalized spacial score (nSPS) is 17.3. The number of hydrogen-bond donors (Lipinski definition) is 2. The van der Waals surface area contributed by atoms with Crippen LogP contribution in [0.15, 0.2) is 48.6 Å². The summed E-state index contributed by atoms with van der Waals surface area (Å²) in [6.45, 7) is 3.23. The predicted octanol–water partition coefficient (Wildman–Crippen LogP) is 3.43. The zero-order chi connectivity index (χ0) is 24.7. The Kier molecular flexibility index (Phi) is 8.76. The van der Waals surface area contributed by atoms with E-state index in [1.54, 1.807) is 50.3 Å². The maximum absolute atomic E-state index is 13.9. The summed E-state index contributed by atoms with van der Waals surface area (Å²) in [7, 11) is 0. The van der Waals surface area contributed by atoms with Gasteiger partial charge in [-0.25, -0.2) is 8.78 Å². The molecule has 182 valence electrons. The smallest absolute Gasteiger partial charge is 0.258 e. The zero-order valence-electron chi connectivity index (χ0n) is 19.4. The van der Waals surface area contributed by atoms with Crippen LogP contribution in [0.5, 0.6) is 5.75 Å². The third-order valence-electron chi connectivity index (χ3n) is 5.83. The SMILES string of the molecule is Cc1ccc(CN(CCO)C(=O)C2C=CC(NC(=O)COc3ccc(C)c(F)c3)CC2)cc1F. The molecule has 2 unspecified atom stereocenters. The fourth-order valence-corrected chi connectivity index (χ4v) is 3.78. The largest absolute Gasteiger partial charge is 0.484 e. The standard InChI is InChI=1S/C26H30F2N2O4/c1-17-3-5-19(13-23(17)27)15-30(11-12-31)26(33)20-6-8-21(9-7-20)29-25(32)16-34-22-10-4-18(2)24(28)14-22/h3-6,8,10,13-14,20-21,31H,7,9,11-12,15-16H2,1-2H3,(H,29,32). The van der Waals surface area contributed by atoms with E-state index < -0.39 is 5.82 Å². The van der Waals surface area contributed by atoms with Gasteiger partial charge < -0.3 is 20.1 Å². The fraction of sp³-hybridized carbons (Fsp3) is 0.385. The number of amides is 2. The van der Waals surface area contributed by atoms with Crippen molar-refractivity contribution < 1.29 is 28.2 Å². The molecule has 34 heavy (non-hydrogen) atoms. The summed E-state index contributed by atoms with van der Waals surface area (Å²) < 4.78 is 32.8. The molecular weight excluding hydrogens is 442 g/mol. The van der Waals surface area contributed by atoms with E-state index in [9.17, 15) is 23.5 Å². The van der Waals surface area contributed by atoms with E-state index >= 15 is 0 Å². The Bertz CT molecular complexity index is 1060. The number of carbonyl (C=O) groups is 2. The van der Waals surface area contributed by atoms with Gasteiger partial charge in [-0.3, -0.25) is 9.59 Å². The Balaban J connectivity index is 1.52. The minimum absolute atomic E-state index is 0.149. The van der Waals surface area contributed by atoms with Gasteiger partial charge in [0.25, 0.3) is 5.91 Å². The number of rotatable bonds is 9. The van der Waals surface area contributed by atoms with E-state index in [0.717, 1.165) is 0 Å². The molecule has 1 aliphatic carbocycles. The van der Waals surface area contributed by atoms with Crippen LogP contribution in [0.4, 0.5) is 8.78 Å². The molecule has 2 aromatic carbocycles. The van der Waals surface area contributed by atoms with Crippen molar-refractivity contribution in [3.8, 4) is 5.75 Å². The molecule has 0 heterocycles. The summed E-state index contributed by atoms with van der Waals surface area (Å²) >= 11 is 0. The van der Waals surface area contributed by atoms with Crippen molar-refractivity contribution >= 4 is 11.8 Å². The third-order valence-corrected chi connectivity index (χ3v) is 5.83. The van der Waals surface area contributed by atoms with Crippen LogP contribution in [-0.4, -0.2) is 47.6 Å². The number of nitrogens with one attached hydrogen (secondary N) is 1. The summed E-state index contributed by atoms with van der Waals surface area (Å²) in [6, 6.07) is 9.02. The molecule has 0 aliphatic heterocycles. The first-order chi connectivity index (χ1) is 16.3. The molecule has 3 rings (SSSR count). The monoisotopic (exact) mass is 472 g/mol. The van der Waals surface area contributed by atoms with Gasteiger partial charge in [-0.15, -0.1) is 0 Å². The van der Waals surface area contributed by atoms with Crippen LogP contribution in [0.1, 0.15) is 29.5 Å². The summed E-state index contributed by atoms with van der Waals surface area (Å²) in [4.78, 5) is 26.7. The Morgan fingerprint density at radius 1 is 1.06 bits per heavy atom. The van der Waals surface area contributed by atoms with Crippen molar-refractivity contribution in [2.45, 2.75) is 39.3 Å². The highest BCUT2D eigenvalue weighted by molar-refractivity contribution is 5.81. The average Bonchev–Trinajstić information content (AvgIpc) is 2.82. The first-order valence-electron chi connectivity index (χ1n) is 11.3. The maximum Gasteiger partial charge on any atom is 0.258 e. The summed E-state index contributed by atoms with van der Waals surface area (Å²) in [5.74, 6) is -1.33. The van der Waals surface area contributed by atoms with Crippen LogP contribution in [0.2, 0.25) is 0 Å². The topological polar surface area (TPSA) is 78.9 Å². The van der Waals surface area contributed by atoms with Gasteiger partial charge in [0.05, 0.1) is 12.5 Å². The number of halogens is 2. The Morgan fingerprint density at radius 2 is 1.76 bits per heavy atom. The highest BCUT2D eigenvalue weighted by Crippen LogP contribution is 2.22.